The van der Waals surface area contributed by atoms with Gasteiger partial charge in [-0.15, -0.1) is 11.3 Å². The SMILES string of the molecule is CC(C)Cc1csc(N)c1C(=O)C(C)(C)C. The lowest BCUT2D eigenvalue weighted by molar-refractivity contribution is 0.0858. The van der Waals surface area contributed by atoms with Crippen LogP contribution in [0.15, 0.2) is 5.38 Å². The maximum Gasteiger partial charge on any atom is 0.171 e. The predicted molar refractivity (Wildman–Crippen MR) is 71.1 cm³/mol. The first kappa shape index (κ1) is 13.2. The third-order valence-corrected chi connectivity index (χ3v) is 3.29. The lowest BCUT2D eigenvalue weighted by Crippen LogP contribution is -2.22. The fourth-order valence-corrected chi connectivity index (χ4v) is 2.46. The van der Waals surface area contributed by atoms with Crippen molar-refractivity contribution in [2.75, 3.05) is 5.73 Å². The second-order valence-corrected chi connectivity index (χ2v) is 6.59. The highest BCUT2D eigenvalue weighted by atomic mass is 32.1. The quantitative estimate of drug-likeness (QED) is 0.816. The van der Waals surface area contributed by atoms with E-state index < -0.39 is 0 Å². The van der Waals surface area contributed by atoms with Gasteiger partial charge in [-0.3, -0.25) is 4.79 Å². The molecule has 2 nitrogen and oxygen atoms in total. The summed E-state index contributed by atoms with van der Waals surface area (Å²) in [6.07, 6.45) is 0.921. The van der Waals surface area contributed by atoms with E-state index in [4.69, 9.17) is 5.73 Å². The van der Waals surface area contributed by atoms with Gasteiger partial charge < -0.3 is 5.73 Å². The van der Waals surface area contributed by atoms with Gasteiger partial charge in [0.25, 0.3) is 0 Å². The number of thiophene rings is 1. The number of hydrogen-bond donors (Lipinski definition) is 1. The Morgan fingerprint density at radius 3 is 2.44 bits per heavy atom. The van der Waals surface area contributed by atoms with Crippen LogP contribution in [-0.2, 0) is 6.42 Å². The van der Waals surface area contributed by atoms with E-state index in [1.807, 2.05) is 26.2 Å². The van der Waals surface area contributed by atoms with Gasteiger partial charge in [-0.2, -0.15) is 0 Å². The van der Waals surface area contributed by atoms with Crippen LogP contribution in [0, 0.1) is 11.3 Å². The lowest BCUT2D eigenvalue weighted by atomic mass is 9.84. The van der Waals surface area contributed by atoms with Crippen molar-refractivity contribution in [3.63, 3.8) is 0 Å². The topological polar surface area (TPSA) is 43.1 Å². The largest absolute Gasteiger partial charge is 0.390 e. The second kappa shape index (κ2) is 4.58. The maximum absolute atomic E-state index is 12.3. The van der Waals surface area contributed by atoms with E-state index in [0.29, 0.717) is 10.9 Å². The molecule has 0 saturated carbocycles. The third-order valence-electron chi connectivity index (χ3n) is 2.43. The minimum absolute atomic E-state index is 0.155. The van der Waals surface area contributed by atoms with Crippen molar-refractivity contribution in [1.29, 1.82) is 0 Å². The van der Waals surface area contributed by atoms with Crippen molar-refractivity contribution < 1.29 is 4.79 Å². The summed E-state index contributed by atoms with van der Waals surface area (Å²) in [5.41, 5.74) is 7.42. The minimum atomic E-state index is -0.360. The number of anilines is 1. The summed E-state index contributed by atoms with van der Waals surface area (Å²) in [7, 11) is 0. The molecule has 1 aromatic heterocycles. The molecule has 0 radical (unpaired) electrons. The van der Waals surface area contributed by atoms with Gasteiger partial charge in [0.05, 0.1) is 10.6 Å². The molecule has 0 fully saturated rings. The number of nitrogens with two attached hydrogens (primary N) is 1. The molecular weight excluding hydrogens is 218 g/mol. The molecule has 0 aromatic carbocycles. The molecule has 0 saturated heterocycles. The van der Waals surface area contributed by atoms with Gasteiger partial charge in [0.1, 0.15) is 0 Å². The van der Waals surface area contributed by atoms with E-state index in [-0.39, 0.29) is 11.2 Å². The van der Waals surface area contributed by atoms with Crippen LogP contribution in [-0.4, -0.2) is 5.78 Å². The van der Waals surface area contributed by atoms with Crippen molar-refractivity contribution in [1.82, 2.24) is 0 Å². The van der Waals surface area contributed by atoms with Gasteiger partial charge in [0, 0.05) is 5.41 Å². The number of Topliss-reactive ketones (excluding diaryl/α,β-unsaturated/α-hetero) is 1. The first-order chi connectivity index (χ1) is 7.23. The second-order valence-electron chi connectivity index (χ2n) is 5.68. The zero-order valence-electron chi connectivity index (χ0n) is 10.8. The van der Waals surface area contributed by atoms with Crippen LogP contribution in [0.4, 0.5) is 5.00 Å². The van der Waals surface area contributed by atoms with Gasteiger partial charge in [-0.25, -0.2) is 0 Å². The molecule has 90 valence electrons. The van der Waals surface area contributed by atoms with E-state index in [1.54, 1.807) is 0 Å². The van der Waals surface area contributed by atoms with Gasteiger partial charge in [0.2, 0.25) is 0 Å². The number of carbonyl (C=O) groups excluding carboxylic acids is 1. The molecule has 0 bridgehead atoms. The highest BCUT2D eigenvalue weighted by molar-refractivity contribution is 7.14. The number of ketones is 1. The summed E-state index contributed by atoms with van der Waals surface area (Å²) < 4.78 is 0. The minimum Gasteiger partial charge on any atom is -0.390 e. The van der Waals surface area contributed by atoms with Crippen molar-refractivity contribution in [3.8, 4) is 0 Å². The van der Waals surface area contributed by atoms with Crippen LogP contribution in [0.1, 0.15) is 50.5 Å². The van der Waals surface area contributed by atoms with Crippen LogP contribution < -0.4 is 5.73 Å². The Balaban J connectivity index is 3.12. The van der Waals surface area contributed by atoms with Crippen molar-refractivity contribution in [2.45, 2.75) is 41.0 Å². The number of nitrogen functional groups attached to an aromatic ring is 1. The average Bonchev–Trinajstić information content (AvgIpc) is 2.43. The molecular formula is C13H21NOS. The Labute approximate surface area is 102 Å². The molecule has 0 atom stereocenters. The fourth-order valence-electron chi connectivity index (χ4n) is 1.63. The average molecular weight is 239 g/mol. The van der Waals surface area contributed by atoms with Gasteiger partial charge >= 0.3 is 0 Å². The van der Waals surface area contributed by atoms with E-state index >= 15 is 0 Å². The Bertz CT molecular complexity index is 385. The summed E-state index contributed by atoms with van der Waals surface area (Å²) in [6, 6.07) is 0. The van der Waals surface area contributed by atoms with Crippen molar-refractivity contribution >= 4 is 22.1 Å². The van der Waals surface area contributed by atoms with E-state index in [1.165, 1.54) is 11.3 Å². The molecule has 0 amide bonds. The standard InChI is InChI=1S/C13H21NOS/c1-8(2)6-9-7-16-12(14)10(9)11(15)13(3,4)5/h7-8H,6,14H2,1-5H3. The molecule has 0 unspecified atom stereocenters. The molecule has 16 heavy (non-hydrogen) atoms. The first-order valence-corrected chi connectivity index (χ1v) is 6.52. The third kappa shape index (κ3) is 2.85. The van der Waals surface area contributed by atoms with E-state index in [2.05, 4.69) is 13.8 Å². The van der Waals surface area contributed by atoms with Crippen LogP contribution in [0.3, 0.4) is 0 Å². The number of rotatable bonds is 3. The summed E-state index contributed by atoms with van der Waals surface area (Å²) in [5, 5.41) is 2.68. The Hall–Kier alpha value is -0.830. The first-order valence-electron chi connectivity index (χ1n) is 5.64. The van der Waals surface area contributed by atoms with Crippen LogP contribution in [0.25, 0.3) is 0 Å². The molecule has 3 heteroatoms. The van der Waals surface area contributed by atoms with Crippen molar-refractivity contribution in [2.24, 2.45) is 11.3 Å². The molecule has 0 aliphatic heterocycles. The lowest BCUT2D eigenvalue weighted by Gasteiger charge is -2.18. The molecule has 1 heterocycles. The van der Waals surface area contributed by atoms with E-state index in [9.17, 15) is 4.79 Å². The Morgan fingerprint density at radius 1 is 1.44 bits per heavy atom. The maximum atomic E-state index is 12.3. The zero-order chi connectivity index (χ0) is 12.5. The number of hydrogen-bond acceptors (Lipinski definition) is 3. The Kier molecular flexibility index (Phi) is 3.79. The van der Waals surface area contributed by atoms with Crippen LogP contribution in [0.2, 0.25) is 0 Å². The zero-order valence-corrected chi connectivity index (χ0v) is 11.6. The molecule has 0 aliphatic rings. The normalized spacial score (nSPS) is 12.1. The van der Waals surface area contributed by atoms with Crippen LogP contribution >= 0.6 is 11.3 Å². The summed E-state index contributed by atoms with van der Waals surface area (Å²) >= 11 is 1.47. The van der Waals surface area contributed by atoms with Crippen LogP contribution in [0.5, 0.6) is 0 Å². The van der Waals surface area contributed by atoms with E-state index in [0.717, 1.165) is 17.5 Å². The highest BCUT2D eigenvalue weighted by Gasteiger charge is 2.28. The fraction of sp³-hybridized carbons (Fsp3) is 0.615. The summed E-state index contributed by atoms with van der Waals surface area (Å²) in [4.78, 5) is 12.3. The Morgan fingerprint density at radius 2 is 2.00 bits per heavy atom. The molecule has 2 N–H and O–H groups in total. The predicted octanol–water partition coefficient (Wildman–Crippen LogP) is 3.76. The monoisotopic (exact) mass is 239 g/mol. The molecule has 0 aliphatic carbocycles. The summed E-state index contributed by atoms with van der Waals surface area (Å²) in [6.45, 7) is 10.1. The number of carbonyl (C=O) groups is 1. The highest BCUT2D eigenvalue weighted by Crippen LogP contribution is 2.32. The van der Waals surface area contributed by atoms with Gasteiger partial charge in [-0.05, 0) is 23.3 Å². The molecule has 1 aromatic rings. The molecule has 0 spiro atoms. The molecule has 1 rings (SSSR count). The summed E-state index contributed by atoms with van der Waals surface area (Å²) in [5.74, 6) is 0.697. The smallest absolute Gasteiger partial charge is 0.171 e. The van der Waals surface area contributed by atoms with Gasteiger partial charge in [-0.1, -0.05) is 34.6 Å². The van der Waals surface area contributed by atoms with Gasteiger partial charge in [0.15, 0.2) is 5.78 Å². The van der Waals surface area contributed by atoms with Crippen molar-refractivity contribution in [3.05, 3.63) is 16.5 Å².